The number of nitrogens with zero attached hydrogens (tertiary/aromatic N) is 3. The molecule has 0 N–H and O–H groups in total. The second-order valence-electron chi connectivity index (χ2n) is 12.4. The fraction of sp³-hybridized carbons (Fsp3) is 0. The molecule has 0 bridgehead atoms. The highest BCUT2D eigenvalue weighted by atomic mass is 16.3. The Bertz CT molecular complexity index is 2800. The molecule has 0 amide bonds. The van der Waals surface area contributed by atoms with E-state index in [1.807, 2.05) is 84.9 Å². The predicted octanol–water partition coefficient (Wildman–Crippen LogP) is 12.0. The number of rotatable bonds is 5. The minimum absolute atomic E-state index is 0.589. The van der Waals surface area contributed by atoms with Crippen LogP contribution in [0.5, 0.6) is 0 Å². The quantitative estimate of drug-likeness (QED) is 0.187. The van der Waals surface area contributed by atoms with E-state index < -0.39 is 0 Å². The fourth-order valence-corrected chi connectivity index (χ4v) is 6.94. The van der Waals surface area contributed by atoms with Gasteiger partial charge in [-0.05, 0) is 53.1 Å². The molecule has 0 fully saturated rings. The monoisotopic (exact) mass is 641 g/mol. The van der Waals surface area contributed by atoms with Crippen molar-refractivity contribution < 1.29 is 8.83 Å². The molecule has 3 aromatic heterocycles. The van der Waals surface area contributed by atoms with Gasteiger partial charge in [0.1, 0.15) is 22.3 Å². The Balaban J connectivity index is 1.10. The molecule has 3 heterocycles. The molecule has 0 aliphatic heterocycles. The maximum Gasteiger partial charge on any atom is 0.164 e. The predicted molar refractivity (Wildman–Crippen MR) is 202 cm³/mol. The summed E-state index contributed by atoms with van der Waals surface area (Å²) in [6.07, 6.45) is 0. The summed E-state index contributed by atoms with van der Waals surface area (Å²) in [5.74, 6) is 1.84. The first-order valence-corrected chi connectivity index (χ1v) is 16.6. The van der Waals surface area contributed by atoms with Gasteiger partial charge in [0, 0.05) is 43.8 Å². The Morgan fingerprint density at radius 3 is 1.46 bits per heavy atom. The summed E-state index contributed by atoms with van der Waals surface area (Å²) in [4.78, 5) is 14.7. The SMILES string of the molecule is c1ccc(-c2nc(-c3ccccc3)nc(-c3ccc4c(c3)oc3cc(-c5ccc(-c6ccccc6)c6c5oc5ccccc56)ccc34)n2)cc1. The van der Waals surface area contributed by atoms with E-state index in [0.717, 1.165) is 82.8 Å². The van der Waals surface area contributed by atoms with Crippen LogP contribution in [-0.4, -0.2) is 15.0 Å². The van der Waals surface area contributed by atoms with Crippen LogP contribution >= 0.6 is 0 Å². The largest absolute Gasteiger partial charge is 0.456 e. The summed E-state index contributed by atoms with van der Waals surface area (Å²) >= 11 is 0. The van der Waals surface area contributed by atoms with Gasteiger partial charge in [-0.15, -0.1) is 0 Å². The van der Waals surface area contributed by atoms with Gasteiger partial charge in [-0.25, -0.2) is 15.0 Å². The number of aromatic nitrogens is 3. The molecule has 0 saturated heterocycles. The molecule has 5 heteroatoms. The average molecular weight is 642 g/mol. The van der Waals surface area contributed by atoms with Crippen LogP contribution in [-0.2, 0) is 0 Å². The van der Waals surface area contributed by atoms with Crippen LogP contribution in [0.4, 0.5) is 0 Å². The van der Waals surface area contributed by atoms with Crippen LogP contribution in [0.25, 0.3) is 100 Å². The van der Waals surface area contributed by atoms with E-state index in [4.69, 9.17) is 23.8 Å². The van der Waals surface area contributed by atoms with Gasteiger partial charge >= 0.3 is 0 Å². The Morgan fingerprint density at radius 1 is 0.320 bits per heavy atom. The molecule has 0 aliphatic rings. The minimum Gasteiger partial charge on any atom is -0.456 e. The normalized spacial score (nSPS) is 11.6. The molecule has 10 rings (SSSR count). The molecule has 0 unspecified atom stereocenters. The summed E-state index contributed by atoms with van der Waals surface area (Å²) in [6.45, 7) is 0. The maximum absolute atomic E-state index is 6.57. The average Bonchev–Trinajstić information content (AvgIpc) is 3.76. The van der Waals surface area contributed by atoms with Gasteiger partial charge in [-0.3, -0.25) is 0 Å². The molecule has 5 nitrogen and oxygen atoms in total. The van der Waals surface area contributed by atoms with Gasteiger partial charge in [0.2, 0.25) is 0 Å². The first kappa shape index (κ1) is 28.2. The van der Waals surface area contributed by atoms with Crippen molar-refractivity contribution in [1.82, 2.24) is 15.0 Å². The highest BCUT2D eigenvalue weighted by Crippen LogP contribution is 2.43. The summed E-state index contributed by atoms with van der Waals surface area (Å²) in [5, 5.41) is 4.29. The van der Waals surface area contributed by atoms with Gasteiger partial charge in [0.05, 0.1) is 0 Å². The zero-order chi connectivity index (χ0) is 33.0. The third kappa shape index (κ3) is 4.67. The van der Waals surface area contributed by atoms with Gasteiger partial charge in [0.15, 0.2) is 17.5 Å². The topological polar surface area (TPSA) is 65.0 Å². The third-order valence-corrected chi connectivity index (χ3v) is 9.35. The third-order valence-electron chi connectivity index (χ3n) is 9.35. The number of furan rings is 2. The van der Waals surface area contributed by atoms with E-state index in [1.54, 1.807) is 0 Å². The number of benzene rings is 7. The van der Waals surface area contributed by atoms with Crippen LogP contribution in [0.2, 0.25) is 0 Å². The Morgan fingerprint density at radius 2 is 0.820 bits per heavy atom. The van der Waals surface area contributed by atoms with Crippen molar-refractivity contribution in [2.24, 2.45) is 0 Å². The zero-order valence-electron chi connectivity index (χ0n) is 26.7. The Kier molecular flexibility index (Phi) is 6.42. The van der Waals surface area contributed by atoms with Crippen LogP contribution in [0.1, 0.15) is 0 Å². The van der Waals surface area contributed by atoms with E-state index in [-0.39, 0.29) is 0 Å². The summed E-state index contributed by atoms with van der Waals surface area (Å²) in [5.41, 5.74) is 10.4. The highest BCUT2D eigenvalue weighted by Gasteiger charge is 2.19. The minimum atomic E-state index is 0.589. The second-order valence-corrected chi connectivity index (χ2v) is 12.4. The maximum atomic E-state index is 6.57. The summed E-state index contributed by atoms with van der Waals surface area (Å²) in [6, 6.07) is 55.7. The van der Waals surface area contributed by atoms with Crippen LogP contribution in [0.3, 0.4) is 0 Å². The molecule has 0 spiro atoms. The Hall–Kier alpha value is -6.85. The lowest BCUT2D eigenvalue weighted by molar-refractivity contribution is 0.668. The molecule has 0 radical (unpaired) electrons. The smallest absolute Gasteiger partial charge is 0.164 e. The van der Waals surface area contributed by atoms with Crippen molar-refractivity contribution in [2.75, 3.05) is 0 Å². The van der Waals surface area contributed by atoms with E-state index in [9.17, 15) is 0 Å². The lowest BCUT2D eigenvalue weighted by atomic mass is 9.94. The van der Waals surface area contributed by atoms with Crippen molar-refractivity contribution in [3.8, 4) is 56.4 Å². The molecule has 0 atom stereocenters. The van der Waals surface area contributed by atoms with Crippen molar-refractivity contribution in [3.05, 3.63) is 164 Å². The van der Waals surface area contributed by atoms with Gasteiger partial charge in [-0.1, -0.05) is 127 Å². The van der Waals surface area contributed by atoms with Gasteiger partial charge in [-0.2, -0.15) is 0 Å². The van der Waals surface area contributed by atoms with E-state index in [1.165, 1.54) is 0 Å². The molecule has 0 aliphatic carbocycles. The first-order chi connectivity index (χ1) is 24.8. The van der Waals surface area contributed by atoms with Crippen LogP contribution < -0.4 is 0 Å². The standard InChI is InChI=1S/C45H27N3O2/c1-4-12-28(13-5-1)33-24-25-34(42-41(33)37-18-10-11-19-38(37)50-42)31-20-22-35-36-23-21-32(27-40(36)49-39(35)26-31)45-47-43(29-14-6-2-7-15-29)46-44(48-45)30-16-8-3-9-17-30/h1-27H. The molecular formula is C45H27N3O2. The van der Waals surface area contributed by atoms with Crippen molar-refractivity contribution >= 4 is 43.9 Å². The number of hydrogen-bond donors (Lipinski definition) is 0. The molecule has 0 saturated carbocycles. The van der Waals surface area contributed by atoms with E-state index in [0.29, 0.717) is 17.5 Å². The highest BCUT2D eigenvalue weighted by molar-refractivity contribution is 6.17. The van der Waals surface area contributed by atoms with Gasteiger partial charge < -0.3 is 8.83 Å². The van der Waals surface area contributed by atoms with E-state index >= 15 is 0 Å². The first-order valence-electron chi connectivity index (χ1n) is 16.6. The van der Waals surface area contributed by atoms with Crippen LogP contribution in [0, 0.1) is 0 Å². The van der Waals surface area contributed by atoms with Crippen molar-refractivity contribution in [1.29, 1.82) is 0 Å². The molecule has 10 aromatic rings. The molecule has 7 aromatic carbocycles. The summed E-state index contributed by atoms with van der Waals surface area (Å²) in [7, 11) is 0. The lowest BCUT2D eigenvalue weighted by Gasteiger charge is -2.08. The Labute approximate surface area is 287 Å². The van der Waals surface area contributed by atoms with Crippen LogP contribution in [0.15, 0.2) is 173 Å². The van der Waals surface area contributed by atoms with Crippen molar-refractivity contribution in [2.45, 2.75) is 0 Å². The second kappa shape index (κ2) is 11.4. The lowest BCUT2D eigenvalue weighted by Crippen LogP contribution is -2.00. The molecule has 234 valence electrons. The summed E-state index contributed by atoms with van der Waals surface area (Å²) < 4.78 is 13.1. The molecule has 50 heavy (non-hydrogen) atoms. The zero-order valence-corrected chi connectivity index (χ0v) is 26.7. The number of fused-ring (bicyclic) bond motifs is 6. The number of hydrogen-bond acceptors (Lipinski definition) is 5. The van der Waals surface area contributed by atoms with E-state index in [2.05, 4.69) is 78.9 Å². The van der Waals surface area contributed by atoms with Crippen molar-refractivity contribution in [3.63, 3.8) is 0 Å². The molecular weight excluding hydrogens is 615 g/mol. The number of para-hydroxylation sites is 1. The van der Waals surface area contributed by atoms with Gasteiger partial charge in [0.25, 0.3) is 0 Å². The fourth-order valence-electron chi connectivity index (χ4n) is 6.94.